The first-order chi connectivity index (χ1) is 9.91. The van der Waals surface area contributed by atoms with Crippen molar-refractivity contribution in [2.24, 2.45) is 0 Å². The Morgan fingerprint density at radius 3 is 2.52 bits per heavy atom. The van der Waals surface area contributed by atoms with Gasteiger partial charge in [0.05, 0.1) is 11.4 Å². The Bertz CT molecular complexity index is 693. The van der Waals surface area contributed by atoms with Crippen LogP contribution in [0.3, 0.4) is 0 Å². The molecule has 0 radical (unpaired) electrons. The highest BCUT2D eigenvalue weighted by Gasteiger charge is 2.19. The van der Waals surface area contributed by atoms with Gasteiger partial charge in [-0.05, 0) is 26.3 Å². The van der Waals surface area contributed by atoms with Crippen molar-refractivity contribution in [1.82, 2.24) is 14.5 Å². The van der Waals surface area contributed by atoms with Gasteiger partial charge in [-0.1, -0.05) is 30.3 Å². The Hall–Kier alpha value is -1.66. The first-order valence-electron chi connectivity index (χ1n) is 6.99. The lowest BCUT2D eigenvalue weighted by Gasteiger charge is -2.13. The molecule has 0 bridgehead atoms. The lowest BCUT2D eigenvalue weighted by Crippen LogP contribution is -2.28. The second-order valence-corrected chi connectivity index (χ2v) is 6.86. The van der Waals surface area contributed by atoms with E-state index in [9.17, 15) is 8.42 Å². The Labute approximate surface area is 126 Å². The van der Waals surface area contributed by atoms with Crippen molar-refractivity contribution in [2.45, 2.75) is 39.1 Å². The van der Waals surface area contributed by atoms with Gasteiger partial charge in [0, 0.05) is 24.3 Å². The number of benzene rings is 1. The lowest BCUT2D eigenvalue weighted by atomic mass is 10.1. The minimum atomic E-state index is -3.38. The quantitative estimate of drug-likeness (QED) is 0.891. The van der Waals surface area contributed by atoms with Gasteiger partial charge >= 0.3 is 0 Å². The smallest absolute Gasteiger partial charge is 0.216 e. The number of hydrogen-bond acceptors (Lipinski definition) is 3. The Balaban J connectivity index is 2.10. The molecule has 1 N–H and O–H groups in total. The molecule has 0 aliphatic rings. The molecule has 0 amide bonds. The van der Waals surface area contributed by atoms with Crippen molar-refractivity contribution < 1.29 is 8.42 Å². The summed E-state index contributed by atoms with van der Waals surface area (Å²) < 4.78 is 29.0. The van der Waals surface area contributed by atoms with Crippen LogP contribution >= 0.6 is 0 Å². The minimum absolute atomic E-state index is 0.0147. The van der Waals surface area contributed by atoms with Crippen molar-refractivity contribution in [3.8, 4) is 0 Å². The highest BCUT2D eigenvalue weighted by atomic mass is 32.2. The molecule has 2 rings (SSSR count). The van der Waals surface area contributed by atoms with E-state index in [1.165, 1.54) is 0 Å². The van der Waals surface area contributed by atoms with Gasteiger partial charge < -0.3 is 0 Å². The van der Waals surface area contributed by atoms with Crippen LogP contribution in [0.4, 0.5) is 0 Å². The third-order valence-corrected chi connectivity index (χ3v) is 4.76. The van der Waals surface area contributed by atoms with Crippen LogP contribution in [0.15, 0.2) is 36.5 Å². The van der Waals surface area contributed by atoms with Crippen LogP contribution < -0.4 is 4.72 Å². The van der Waals surface area contributed by atoms with E-state index in [2.05, 4.69) is 9.82 Å². The summed E-state index contributed by atoms with van der Waals surface area (Å²) in [4.78, 5) is 0. The van der Waals surface area contributed by atoms with Gasteiger partial charge in [-0.15, -0.1) is 0 Å². The van der Waals surface area contributed by atoms with E-state index >= 15 is 0 Å². The minimum Gasteiger partial charge on any atom is -0.272 e. The second kappa shape index (κ2) is 6.41. The molecule has 5 nitrogen and oxygen atoms in total. The first kappa shape index (κ1) is 15.7. The normalized spacial score (nSPS) is 13.3. The summed E-state index contributed by atoms with van der Waals surface area (Å²) in [5.41, 5.74) is 2.54. The van der Waals surface area contributed by atoms with E-state index in [0.717, 1.165) is 23.4 Å². The molecular formula is C15H21N3O2S. The maximum absolute atomic E-state index is 12.2. The van der Waals surface area contributed by atoms with Gasteiger partial charge in [0.2, 0.25) is 10.0 Å². The van der Waals surface area contributed by atoms with E-state index in [-0.39, 0.29) is 11.8 Å². The fourth-order valence-corrected chi connectivity index (χ4v) is 3.67. The van der Waals surface area contributed by atoms with E-state index in [1.807, 2.05) is 62.0 Å². The van der Waals surface area contributed by atoms with Crippen LogP contribution in [0.5, 0.6) is 0 Å². The fraction of sp³-hybridized carbons (Fsp3) is 0.400. The number of hydrogen-bond donors (Lipinski definition) is 1. The summed E-state index contributed by atoms with van der Waals surface area (Å²) in [7, 11) is -3.38. The topological polar surface area (TPSA) is 64.0 Å². The zero-order chi connectivity index (χ0) is 15.5. The SMILES string of the molecule is CCn1cc(C(C)NS(=O)(=O)Cc2ccccc2)c(C)n1. The number of nitrogens with one attached hydrogen (secondary N) is 1. The molecule has 2 aromatic rings. The monoisotopic (exact) mass is 307 g/mol. The molecule has 1 aromatic heterocycles. The van der Waals surface area contributed by atoms with Gasteiger partial charge in [0.15, 0.2) is 0 Å². The lowest BCUT2D eigenvalue weighted by molar-refractivity contribution is 0.565. The molecule has 0 fully saturated rings. The summed E-state index contributed by atoms with van der Waals surface area (Å²) in [5, 5.41) is 4.35. The Morgan fingerprint density at radius 1 is 1.29 bits per heavy atom. The summed E-state index contributed by atoms with van der Waals surface area (Å²) in [6.45, 7) is 6.50. The summed E-state index contributed by atoms with van der Waals surface area (Å²) in [6.07, 6.45) is 1.89. The second-order valence-electron chi connectivity index (χ2n) is 5.11. The van der Waals surface area contributed by atoms with Crippen molar-refractivity contribution in [3.05, 3.63) is 53.3 Å². The molecule has 21 heavy (non-hydrogen) atoms. The maximum Gasteiger partial charge on any atom is 0.216 e. The number of sulfonamides is 1. The van der Waals surface area contributed by atoms with Crippen molar-refractivity contribution in [2.75, 3.05) is 0 Å². The van der Waals surface area contributed by atoms with E-state index < -0.39 is 10.0 Å². The van der Waals surface area contributed by atoms with Crippen molar-refractivity contribution >= 4 is 10.0 Å². The van der Waals surface area contributed by atoms with Gasteiger partial charge in [0.25, 0.3) is 0 Å². The van der Waals surface area contributed by atoms with E-state index in [0.29, 0.717) is 0 Å². The highest BCUT2D eigenvalue weighted by Crippen LogP contribution is 2.18. The largest absolute Gasteiger partial charge is 0.272 e. The van der Waals surface area contributed by atoms with Crippen LogP contribution in [-0.2, 0) is 22.3 Å². The van der Waals surface area contributed by atoms with Crippen LogP contribution in [0.25, 0.3) is 0 Å². The Morgan fingerprint density at radius 2 is 1.95 bits per heavy atom. The van der Waals surface area contributed by atoms with Crippen LogP contribution in [0.2, 0.25) is 0 Å². The van der Waals surface area contributed by atoms with Crippen LogP contribution in [0, 0.1) is 6.92 Å². The molecule has 1 heterocycles. The maximum atomic E-state index is 12.2. The van der Waals surface area contributed by atoms with Gasteiger partial charge in [-0.3, -0.25) is 4.68 Å². The molecule has 1 aromatic carbocycles. The van der Waals surface area contributed by atoms with Gasteiger partial charge in [-0.2, -0.15) is 5.10 Å². The zero-order valence-corrected chi connectivity index (χ0v) is 13.4. The molecule has 114 valence electrons. The molecule has 6 heteroatoms. The summed E-state index contributed by atoms with van der Waals surface area (Å²) in [6, 6.07) is 8.87. The van der Waals surface area contributed by atoms with Crippen molar-refractivity contribution in [1.29, 1.82) is 0 Å². The molecule has 1 atom stereocenters. The number of aryl methyl sites for hydroxylation is 2. The van der Waals surface area contributed by atoms with Gasteiger partial charge in [-0.25, -0.2) is 13.1 Å². The molecule has 0 aliphatic carbocycles. The molecule has 0 saturated carbocycles. The average Bonchev–Trinajstić information content (AvgIpc) is 2.80. The molecule has 0 spiro atoms. The van der Waals surface area contributed by atoms with Gasteiger partial charge in [0.1, 0.15) is 0 Å². The number of nitrogens with zero attached hydrogens (tertiary/aromatic N) is 2. The standard InChI is InChI=1S/C15H21N3O2S/c1-4-18-10-15(12(2)16-18)13(3)17-21(19,20)11-14-8-6-5-7-9-14/h5-10,13,17H,4,11H2,1-3H3. The summed E-state index contributed by atoms with van der Waals surface area (Å²) >= 11 is 0. The highest BCUT2D eigenvalue weighted by molar-refractivity contribution is 7.88. The molecule has 1 unspecified atom stereocenters. The molecule has 0 saturated heterocycles. The third kappa shape index (κ3) is 4.15. The number of rotatable bonds is 6. The number of aromatic nitrogens is 2. The van der Waals surface area contributed by atoms with Crippen molar-refractivity contribution in [3.63, 3.8) is 0 Å². The zero-order valence-electron chi connectivity index (χ0n) is 12.6. The average molecular weight is 307 g/mol. The van der Waals surface area contributed by atoms with Crippen LogP contribution in [0.1, 0.15) is 36.7 Å². The Kier molecular flexibility index (Phi) is 4.80. The van der Waals surface area contributed by atoms with Crippen LogP contribution in [-0.4, -0.2) is 18.2 Å². The van der Waals surface area contributed by atoms with E-state index in [1.54, 1.807) is 0 Å². The predicted molar refractivity (Wildman–Crippen MR) is 83.3 cm³/mol. The summed E-state index contributed by atoms with van der Waals surface area (Å²) in [5.74, 6) is -0.0147. The van der Waals surface area contributed by atoms with E-state index in [4.69, 9.17) is 0 Å². The molecule has 0 aliphatic heterocycles. The first-order valence-corrected chi connectivity index (χ1v) is 8.64. The predicted octanol–water partition coefficient (Wildman–Crippen LogP) is 2.39. The fourth-order valence-electron chi connectivity index (χ4n) is 2.29. The molecular weight excluding hydrogens is 286 g/mol. The third-order valence-electron chi connectivity index (χ3n) is 3.33.